The summed E-state index contributed by atoms with van der Waals surface area (Å²) in [5.74, 6) is -6.32. The molecule has 262 valence electrons. The van der Waals surface area contributed by atoms with Crippen LogP contribution in [-0.2, 0) is 30.4 Å². The molecule has 3 amide bonds. The number of benzene rings is 1. The first-order chi connectivity index (χ1) is 21.9. The van der Waals surface area contributed by atoms with Gasteiger partial charge in [0.1, 0.15) is 17.9 Å². The monoisotopic (exact) mass is 672 g/mol. The van der Waals surface area contributed by atoms with Crippen LogP contribution in [0, 0.1) is 22.7 Å². The molecule has 0 radical (unpaired) electrons. The van der Waals surface area contributed by atoms with E-state index in [1.165, 1.54) is 0 Å². The van der Waals surface area contributed by atoms with Crippen LogP contribution in [0.2, 0.25) is 0 Å². The zero-order chi connectivity index (χ0) is 35.7. The molecule has 15 nitrogen and oxygen atoms in total. The number of guanidine groups is 1. The number of amidine groups is 1. The Bertz CT molecular complexity index is 1260. The Morgan fingerprint density at radius 2 is 1.43 bits per heavy atom. The average molecular weight is 673 g/mol. The zero-order valence-corrected chi connectivity index (χ0v) is 25.7. The lowest BCUT2D eigenvalue weighted by molar-refractivity contribution is -0.192. The summed E-state index contributed by atoms with van der Waals surface area (Å²) in [5, 5.41) is 39.1. The third-order valence-corrected chi connectivity index (χ3v) is 7.44. The Balaban J connectivity index is 0.00000141. The van der Waals surface area contributed by atoms with Crippen LogP contribution in [-0.4, -0.2) is 76.5 Å². The average Bonchev–Trinajstić information content (AvgIpc) is 2.99. The number of nitrogens with two attached hydrogens (primary N) is 3. The number of amides is 3. The summed E-state index contributed by atoms with van der Waals surface area (Å²) in [5.41, 5.74) is 17.7. The van der Waals surface area contributed by atoms with Gasteiger partial charge < -0.3 is 43.4 Å². The molecule has 1 saturated carbocycles. The number of rotatable bonds is 16. The van der Waals surface area contributed by atoms with Crippen LogP contribution >= 0.6 is 0 Å². The second kappa shape index (κ2) is 19.6. The molecule has 0 heterocycles. The lowest BCUT2D eigenvalue weighted by Gasteiger charge is -2.31. The van der Waals surface area contributed by atoms with E-state index in [2.05, 4.69) is 16.0 Å². The molecule has 1 aromatic rings. The molecule has 47 heavy (non-hydrogen) atoms. The van der Waals surface area contributed by atoms with Gasteiger partial charge in [0.25, 0.3) is 0 Å². The number of nitrogens with one attached hydrogen (secondary N) is 5. The number of nitrogen functional groups attached to an aromatic ring is 1. The minimum atomic E-state index is -5.08. The van der Waals surface area contributed by atoms with Gasteiger partial charge in [0.2, 0.25) is 17.7 Å². The van der Waals surface area contributed by atoms with Gasteiger partial charge in [-0.15, -0.1) is 0 Å². The van der Waals surface area contributed by atoms with E-state index < -0.39 is 47.9 Å². The number of carbonyl (C=O) groups excluding carboxylic acids is 3. The van der Waals surface area contributed by atoms with Crippen LogP contribution in [0.1, 0.15) is 68.9 Å². The number of carbonyl (C=O) groups is 5. The van der Waals surface area contributed by atoms with Gasteiger partial charge in [-0.05, 0) is 50.0 Å². The highest BCUT2D eigenvalue weighted by molar-refractivity contribution is 5.95. The van der Waals surface area contributed by atoms with Crippen molar-refractivity contribution < 1.29 is 47.4 Å². The number of primary amides is 1. The molecule has 0 aromatic heterocycles. The maximum Gasteiger partial charge on any atom is 0.490 e. The number of carboxylic acid groups (broad SMARTS) is 2. The number of carboxylic acids is 2. The maximum atomic E-state index is 13.7. The van der Waals surface area contributed by atoms with Crippen molar-refractivity contribution in [3.8, 4) is 0 Å². The molecule has 1 aromatic carbocycles. The largest absolute Gasteiger partial charge is 0.490 e. The second-order valence-corrected chi connectivity index (χ2v) is 11.1. The zero-order valence-electron chi connectivity index (χ0n) is 25.7. The van der Waals surface area contributed by atoms with Crippen LogP contribution < -0.4 is 33.2 Å². The highest BCUT2D eigenvalue weighted by Gasteiger charge is 2.38. The van der Waals surface area contributed by atoms with Gasteiger partial charge in [-0.2, -0.15) is 13.2 Å². The van der Waals surface area contributed by atoms with E-state index in [0.29, 0.717) is 24.9 Å². The highest BCUT2D eigenvalue weighted by atomic mass is 19.4. The SMILES string of the molecule is N=C(N)NCCC[C@H](NC(=O)[C@H](CCC(=O)O)NC(=O)[C@H](Cc1ccc(C(=N)N)cc1)C1CCCCC1)C(N)=O.O=C(O)C(F)(F)F. The van der Waals surface area contributed by atoms with Gasteiger partial charge in [0.05, 0.1) is 0 Å². The van der Waals surface area contributed by atoms with Crippen molar-refractivity contribution in [2.75, 3.05) is 6.54 Å². The molecule has 3 atom stereocenters. The summed E-state index contributed by atoms with van der Waals surface area (Å²) in [6, 6.07) is 4.89. The Labute approximate surface area is 269 Å². The summed E-state index contributed by atoms with van der Waals surface area (Å²) in [6.07, 6.45) is 0.193. The van der Waals surface area contributed by atoms with Gasteiger partial charge >= 0.3 is 18.1 Å². The molecule has 2 rings (SSSR count). The third kappa shape index (κ3) is 15.8. The molecule has 1 aliphatic rings. The number of aliphatic carboxylic acids is 2. The summed E-state index contributed by atoms with van der Waals surface area (Å²) in [6.45, 7) is 0.296. The van der Waals surface area contributed by atoms with E-state index >= 15 is 0 Å². The van der Waals surface area contributed by atoms with Gasteiger partial charge in [-0.1, -0.05) is 43.5 Å². The van der Waals surface area contributed by atoms with Crippen LogP contribution in [0.4, 0.5) is 13.2 Å². The first-order valence-electron chi connectivity index (χ1n) is 14.9. The highest BCUT2D eigenvalue weighted by Crippen LogP contribution is 2.32. The van der Waals surface area contributed by atoms with Crippen molar-refractivity contribution in [1.82, 2.24) is 16.0 Å². The lowest BCUT2D eigenvalue weighted by Crippen LogP contribution is -2.54. The topological polar surface area (TPSA) is 288 Å². The van der Waals surface area contributed by atoms with Crippen molar-refractivity contribution in [3.63, 3.8) is 0 Å². The second-order valence-electron chi connectivity index (χ2n) is 11.1. The van der Waals surface area contributed by atoms with Crippen molar-refractivity contribution >= 4 is 41.5 Å². The lowest BCUT2D eigenvalue weighted by atomic mass is 9.76. The van der Waals surface area contributed by atoms with Gasteiger partial charge in [0, 0.05) is 24.4 Å². The Kier molecular flexibility index (Phi) is 16.7. The molecule has 18 heteroatoms. The number of hydrogen-bond acceptors (Lipinski definition) is 7. The van der Waals surface area contributed by atoms with E-state index in [0.717, 1.165) is 37.7 Å². The predicted molar refractivity (Wildman–Crippen MR) is 164 cm³/mol. The van der Waals surface area contributed by atoms with Crippen LogP contribution in [0.25, 0.3) is 0 Å². The molecule has 0 saturated heterocycles. The van der Waals surface area contributed by atoms with Gasteiger partial charge in [-0.3, -0.25) is 30.0 Å². The molecular formula is C29H43F3N8O7. The van der Waals surface area contributed by atoms with Crippen molar-refractivity contribution in [2.24, 2.45) is 29.0 Å². The van der Waals surface area contributed by atoms with E-state index in [4.69, 9.17) is 37.9 Å². The van der Waals surface area contributed by atoms with Gasteiger partial charge in [-0.25, -0.2) is 4.79 Å². The minimum absolute atomic E-state index is 0.0511. The minimum Gasteiger partial charge on any atom is -0.481 e. The standard InChI is InChI=1S/C27H42N8O5.C2HF3O2/c28-23(29)18-10-8-16(9-11-18)15-19(17-5-2-1-3-6-17)25(39)35-21(12-13-22(36)37)26(40)34-20(24(30)38)7-4-14-33-27(31)32;3-2(4,5)1(6)7/h8-11,17,19-21H,1-7,12-15H2,(H3,28,29)(H2,30,38)(H,34,40)(H,35,39)(H,36,37)(H4,31,32,33);(H,6,7)/t19-,20+,21+;/m1./s1. The summed E-state index contributed by atoms with van der Waals surface area (Å²) in [7, 11) is 0. The molecular weight excluding hydrogens is 629 g/mol. The maximum absolute atomic E-state index is 13.7. The molecule has 0 bridgehead atoms. The summed E-state index contributed by atoms with van der Waals surface area (Å²) >= 11 is 0. The number of alkyl halides is 3. The molecule has 0 unspecified atom stereocenters. The fraction of sp³-hybridized carbons (Fsp3) is 0.552. The molecule has 1 aliphatic carbocycles. The van der Waals surface area contributed by atoms with Crippen molar-refractivity contribution in [2.45, 2.75) is 82.5 Å². The van der Waals surface area contributed by atoms with Crippen molar-refractivity contribution in [3.05, 3.63) is 35.4 Å². The predicted octanol–water partition coefficient (Wildman–Crippen LogP) is 0.926. The smallest absolute Gasteiger partial charge is 0.481 e. The fourth-order valence-corrected chi connectivity index (χ4v) is 4.99. The molecule has 13 N–H and O–H groups in total. The summed E-state index contributed by atoms with van der Waals surface area (Å²) < 4.78 is 31.7. The Morgan fingerprint density at radius 3 is 1.89 bits per heavy atom. The number of halogens is 3. The van der Waals surface area contributed by atoms with Crippen LogP contribution in [0.15, 0.2) is 24.3 Å². The third-order valence-electron chi connectivity index (χ3n) is 7.44. The first-order valence-corrected chi connectivity index (χ1v) is 14.9. The van der Waals surface area contributed by atoms with E-state index in [1.807, 2.05) is 12.1 Å². The molecule has 0 aliphatic heterocycles. The first kappa shape index (κ1) is 40.1. The Morgan fingerprint density at radius 1 is 0.872 bits per heavy atom. The molecule has 1 fully saturated rings. The summed E-state index contributed by atoms with van der Waals surface area (Å²) in [4.78, 5) is 59.0. The quantitative estimate of drug-likeness (QED) is 0.0673. The van der Waals surface area contributed by atoms with E-state index in [9.17, 15) is 37.5 Å². The van der Waals surface area contributed by atoms with Gasteiger partial charge in [0.15, 0.2) is 5.96 Å². The molecule has 0 spiro atoms. The number of hydrogen-bond donors (Lipinski definition) is 10. The van der Waals surface area contributed by atoms with Crippen LogP contribution in [0.5, 0.6) is 0 Å². The van der Waals surface area contributed by atoms with E-state index in [1.54, 1.807) is 12.1 Å². The van der Waals surface area contributed by atoms with Crippen LogP contribution in [0.3, 0.4) is 0 Å². The fourth-order valence-electron chi connectivity index (χ4n) is 4.99. The van der Waals surface area contributed by atoms with E-state index in [-0.39, 0.29) is 42.9 Å². The normalized spacial score (nSPS) is 15.0. The Hall–Kier alpha value is -4.90. The van der Waals surface area contributed by atoms with Crippen molar-refractivity contribution in [1.29, 1.82) is 10.8 Å².